The van der Waals surface area contributed by atoms with Crippen LogP contribution in [0.1, 0.15) is 80.1 Å². The van der Waals surface area contributed by atoms with Gasteiger partial charge in [0.15, 0.2) is 0 Å². The van der Waals surface area contributed by atoms with Gasteiger partial charge in [-0.05, 0) is 50.9 Å². The van der Waals surface area contributed by atoms with E-state index in [2.05, 4.69) is 79.6 Å². The average molecular weight is 498 g/mol. The van der Waals surface area contributed by atoms with Crippen LogP contribution in [-0.2, 0) is 20.0 Å². The van der Waals surface area contributed by atoms with Crippen LogP contribution in [0, 0.1) is 6.67 Å². The molecule has 0 spiro atoms. The van der Waals surface area contributed by atoms with Crippen LogP contribution < -0.4 is 0 Å². The molecule has 130 valence electrons. The zero-order chi connectivity index (χ0) is 16.5. The van der Waals surface area contributed by atoms with Gasteiger partial charge in [0.05, 0.1) is 0 Å². The molecule has 0 aromatic rings. The van der Waals surface area contributed by atoms with Crippen molar-refractivity contribution in [2.75, 3.05) is 0 Å². The molecule has 0 aliphatic carbocycles. The first-order chi connectivity index (χ1) is 10.1. The molecule has 0 unspecified atom stereocenters. The van der Waals surface area contributed by atoms with Gasteiger partial charge in [-0.25, -0.2) is 0 Å². The van der Waals surface area contributed by atoms with Crippen molar-refractivity contribution in [3.8, 4) is 0 Å². The summed E-state index contributed by atoms with van der Waals surface area (Å²) in [5.74, 6) is 0. The van der Waals surface area contributed by atoms with E-state index < -0.39 is 0 Å². The summed E-state index contributed by atoms with van der Waals surface area (Å²) in [7, 11) is 4.58. The van der Waals surface area contributed by atoms with Gasteiger partial charge in [-0.15, -0.1) is 0 Å². The van der Waals surface area contributed by atoms with E-state index >= 15 is 0 Å². The Balaban J connectivity index is 0.00000191. The fourth-order valence-electron chi connectivity index (χ4n) is 3.51. The second-order valence-electron chi connectivity index (χ2n) is 5.80. The second kappa shape index (κ2) is 10.2. The van der Waals surface area contributed by atoms with Gasteiger partial charge in [0.2, 0.25) is 0 Å². The molecular formula is C17H33AuClN2-. The topological polar surface area (TPSA) is 6.48 Å². The van der Waals surface area contributed by atoms with E-state index in [1.807, 2.05) is 0 Å². The van der Waals surface area contributed by atoms with E-state index in [1.54, 1.807) is 20.0 Å². The van der Waals surface area contributed by atoms with Crippen LogP contribution in [0.5, 0.6) is 0 Å². The summed E-state index contributed by atoms with van der Waals surface area (Å²) in [6, 6.07) is 0. The maximum absolute atomic E-state index is 4.58. The van der Waals surface area contributed by atoms with Crippen molar-refractivity contribution in [1.82, 2.24) is 9.80 Å². The Morgan fingerprint density at radius 2 is 0.952 bits per heavy atom. The van der Waals surface area contributed by atoms with Crippen molar-refractivity contribution in [2.24, 2.45) is 0 Å². The molecule has 1 aliphatic heterocycles. The van der Waals surface area contributed by atoms with Gasteiger partial charge in [-0.2, -0.15) is 6.67 Å². The SMILES string of the molecule is CCC(CC)(CC)N1C=CN(C(CC)(CC)CC)[CH-]1.[Cl][Au]. The number of rotatable bonds is 8. The normalized spacial score (nSPS) is 15.3. The zero-order valence-electron chi connectivity index (χ0n) is 14.5. The Bertz CT molecular complexity index is 255. The molecule has 0 amide bonds. The summed E-state index contributed by atoms with van der Waals surface area (Å²) < 4.78 is 0. The van der Waals surface area contributed by atoms with Crippen molar-refractivity contribution in [3.63, 3.8) is 0 Å². The minimum absolute atomic E-state index is 0.298. The first-order valence-electron chi connectivity index (χ1n) is 8.29. The Labute approximate surface area is 149 Å². The summed E-state index contributed by atoms with van der Waals surface area (Å²) in [6.07, 6.45) is 11.8. The Morgan fingerprint density at radius 1 is 0.714 bits per heavy atom. The van der Waals surface area contributed by atoms with Gasteiger partial charge in [0.1, 0.15) is 0 Å². The Hall–Kier alpha value is 0.370. The third kappa shape index (κ3) is 4.43. The number of nitrogens with zero attached hydrogens (tertiary/aromatic N) is 2. The molecule has 0 radical (unpaired) electrons. The number of halogens is 1. The molecule has 1 aliphatic rings. The van der Waals surface area contributed by atoms with E-state index in [0.29, 0.717) is 11.1 Å². The minimum atomic E-state index is 0.298. The van der Waals surface area contributed by atoms with Crippen molar-refractivity contribution in [1.29, 1.82) is 0 Å². The quantitative estimate of drug-likeness (QED) is 0.308. The summed E-state index contributed by atoms with van der Waals surface area (Å²) in [6.45, 7) is 16.2. The monoisotopic (exact) mass is 497 g/mol. The molecule has 0 bridgehead atoms. The fourth-order valence-corrected chi connectivity index (χ4v) is 3.51. The van der Waals surface area contributed by atoms with Crippen molar-refractivity contribution in [3.05, 3.63) is 19.1 Å². The van der Waals surface area contributed by atoms with Gasteiger partial charge in [0, 0.05) is 11.1 Å². The molecule has 0 saturated carbocycles. The average Bonchev–Trinajstić information content (AvgIpc) is 3.05. The van der Waals surface area contributed by atoms with Gasteiger partial charge in [0.25, 0.3) is 0 Å². The first kappa shape index (κ1) is 21.4. The van der Waals surface area contributed by atoms with Crippen LogP contribution in [0.2, 0.25) is 0 Å². The van der Waals surface area contributed by atoms with Crippen molar-refractivity contribution >= 4 is 9.19 Å². The molecule has 0 aromatic heterocycles. The molecule has 4 heteroatoms. The summed E-state index contributed by atoms with van der Waals surface area (Å²) in [5.41, 5.74) is 0.596. The summed E-state index contributed by atoms with van der Waals surface area (Å²) in [5, 5.41) is 0. The van der Waals surface area contributed by atoms with Crippen molar-refractivity contribution < 1.29 is 20.0 Å². The first-order valence-corrected chi connectivity index (χ1v) is 11.0. The van der Waals surface area contributed by atoms with Crippen LogP contribution in [-0.4, -0.2) is 20.9 Å². The van der Waals surface area contributed by atoms with Crippen LogP contribution in [0.25, 0.3) is 0 Å². The Kier molecular flexibility index (Phi) is 10.4. The van der Waals surface area contributed by atoms with Gasteiger partial charge in [-0.3, -0.25) is 0 Å². The predicted octanol–water partition coefficient (Wildman–Crippen LogP) is 5.82. The van der Waals surface area contributed by atoms with E-state index in [9.17, 15) is 0 Å². The molecule has 2 nitrogen and oxygen atoms in total. The molecule has 0 aromatic carbocycles. The summed E-state index contributed by atoms with van der Waals surface area (Å²) in [4.78, 5) is 4.92. The van der Waals surface area contributed by atoms with Gasteiger partial charge < -0.3 is 9.80 Å². The number of hydrogen-bond acceptors (Lipinski definition) is 2. The predicted molar refractivity (Wildman–Crippen MR) is 90.2 cm³/mol. The standard InChI is InChI=1S/C17H33N2.Au.ClH/c1-7-16(8-2,9-3)18-13-14-19(15-18)17(10-4,11-5)12-6;;/h13-15H,7-12H2,1-6H3;;1H/q-1;+1;/p-1. The molecule has 1 rings (SSSR count). The van der Waals surface area contributed by atoms with Crippen LogP contribution in [0.15, 0.2) is 12.4 Å². The third-order valence-corrected chi connectivity index (χ3v) is 5.68. The van der Waals surface area contributed by atoms with Crippen molar-refractivity contribution in [2.45, 2.75) is 91.1 Å². The van der Waals surface area contributed by atoms with Gasteiger partial charge >= 0.3 is 29.2 Å². The van der Waals surface area contributed by atoms with E-state index in [0.717, 1.165) is 0 Å². The molecule has 0 saturated heterocycles. The van der Waals surface area contributed by atoms with E-state index in [4.69, 9.17) is 0 Å². The molecule has 0 N–H and O–H groups in total. The van der Waals surface area contributed by atoms with Gasteiger partial charge in [-0.1, -0.05) is 41.5 Å². The van der Waals surface area contributed by atoms with E-state index in [1.165, 1.54) is 38.5 Å². The maximum atomic E-state index is 4.58. The second-order valence-corrected chi connectivity index (χ2v) is 5.80. The molecular weight excluding hydrogens is 465 g/mol. The summed E-state index contributed by atoms with van der Waals surface area (Å²) >= 11 is 1.75. The van der Waals surface area contributed by atoms with Crippen LogP contribution in [0.4, 0.5) is 0 Å². The molecule has 0 atom stereocenters. The number of hydrogen-bond donors (Lipinski definition) is 0. The zero-order valence-corrected chi connectivity index (χ0v) is 17.5. The third-order valence-electron chi connectivity index (χ3n) is 5.68. The Morgan fingerprint density at radius 3 is 1.14 bits per heavy atom. The van der Waals surface area contributed by atoms with Crippen LogP contribution >= 0.6 is 9.19 Å². The molecule has 0 fully saturated rings. The molecule has 1 heterocycles. The molecule has 21 heavy (non-hydrogen) atoms. The van der Waals surface area contributed by atoms with Crippen LogP contribution in [0.3, 0.4) is 0 Å². The van der Waals surface area contributed by atoms with E-state index in [-0.39, 0.29) is 0 Å². The fraction of sp³-hybridized carbons (Fsp3) is 0.824.